The van der Waals surface area contributed by atoms with Gasteiger partial charge in [0.2, 0.25) is 0 Å². The minimum absolute atomic E-state index is 0.0815. The minimum Gasteiger partial charge on any atom is -0.481 e. The number of carboxylic acid groups (broad SMARTS) is 2. The fourth-order valence-electron chi connectivity index (χ4n) is 3.53. The summed E-state index contributed by atoms with van der Waals surface area (Å²) in [6, 6.07) is 8.39. The third kappa shape index (κ3) is 14.5. The summed E-state index contributed by atoms with van der Waals surface area (Å²) in [5.41, 5.74) is 2.54. The second-order valence-electron chi connectivity index (χ2n) is 7.99. The lowest BCUT2D eigenvalue weighted by Crippen LogP contribution is -2.03. The highest BCUT2D eigenvalue weighted by molar-refractivity contribution is 8.16. The van der Waals surface area contributed by atoms with Gasteiger partial charge in [-0.25, -0.2) is 0 Å². The van der Waals surface area contributed by atoms with Crippen LogP contribution >= 0.6 is 23.5 Å². The maximum absolute atomic E-state index is 10.9. The predicted octanol–water partition coefficient (Wildman–Crippen LogP) is 7.56. The van der Waals surface area contributed by atoms with Crippen LogP contribution in [0.3, 0.4) is 0 Å². The molecule has 0 saturated heterocycles. The number of benzene rings is 1. The highest BCUT2D eigenvalue weighted by Crippen LogP contribution is 2.41. The molecule has 0 radical (unpaired) electrons. The van der Waals surface area contributed by atoms with E-state index in [1.807, 2.05) is 6.07 Å². The standard InChI is InChI=1S/C25H40O4S2/c1-2-3-4-5-6-7-8-9-10-11-14-21-15-12-13-16-22(21)25(30-19-17-23(26)27)31-20-18-24(28)29/h12-13,15-16,25H,2-11,14,17-20H2,1H3,(H,26,27)(H,28,29). The highest BCUT2D eigenvalue weighted by Gasteiger charge is 2.17. The largest absolute Gasteiger partial charge is 0.481 e. The van der Waals surface area contributed by atoms with Gasteiger partial charge in [-0.1, -0.05) is 89.0 Å². The average molecular weight is 469 g/mol. The molecule has 176 valence electrons. The molecule has 0 aliphatic heterocycles. The zero-order chi connectivity index (χ0) is 22.7. The van der Waals surface area contributed by atoms with E-state index in [1.54, 1.807) is 23.5 Å². The molecule has 0 aliphatic carbocycles. The summed E-state index contributed by atoms with van der Waals surface area (Å²) in [5.74, 6) is -0.514. The summed E-state index contributed by atoms with van der Waals surface area (Å²) in [6.45, 7) is 2.25. The van der Waals surface area contributed by atoms with E-state index in [2.05, 4.69) is 25.1 Å². The molecule has 4 nitrogen and oxygen atoms in total. The number of aliphatic carboxylic acids is 2. The highest BCUT2D eigenvalue weighted by atomic mass is 32.2. The molecule has 0 fully saturated rings. The topological polar surface area (TPSA) is 74.6 Å². The number of hydrogen-bond donors (Lipinski definition) is 2. The van der Waals surface area contributed by atoms with Crippen LogP contribution in [0.4, 0.5) is 0 Å². The van der Waals surface area contributed by atoms with Crippen LogP contribution in [0, 0.1) is 0 Å². The lowest BCUT2D eigenvalue weighted by Gasteiger charge is -2.20. The number of unbranched alkanes of at least 4 members (excludes halogenated alkanes) is 9. The zero-order valence-electron chi connectivity index (χ0n) is 19.0. The maximum atomic E-state index is 10.9. The Kier molecular flexibility index (Phi) is 16.6. The Balaban J connectivity index is 2.48. The molecule has 1 aromatic rings. The van der Waals surface area contributed by atoms with Crippen molar-refractivity contribution in [2.45, 2.75) is 95.0 Å². The number of carbonyl (C=O) groups is 2. The van der Waals surface area contributed by atoms with Gasteiger partial charge in [0.05, 0.1) is 17.4 Å². The summed E-state index contributed by atoms with van der Waals surface area (Å²) in [5, 5.41) is 17.9. The Morgan fingerprint density at radius 2 is 1.26 bits per heavy atom. The molecule has 0 aliphatic rings. The van der Waals surface area contributed by atoms with Gasteiger partial charge in [0, 0.05) is 11.5 Å². The average Bonchev–Trinajstić information content (AvgIpc) is 2.74. The Bertz CT molecular complexity index is 601. The maximum Gasteiger partial charge on any atom is 0.304 e. The Labute approximate surface area is 197 Å². The molecular formula is C25H40O4S2. The van der Waals surface area contributed by atoms with Crippen molar-refractivity contribution in [1.82, 2.24) is 0 Å². The van der Waals surface area contributed by atoms with Crippen molar-refractivity contribution in [2.24, 2.45) is 0 Å². The molecule has 0 amide bonds. The first-order valence-electron chi connectivity index (χ1n) is 11.8. The van der Waals surface area contributed by atoms with Crippen molar-refractivity contribution < 1.29 is 19.8 Å². The van der Waals surface area contributed by atoms with E-state index in [9.17, 15) is 9.59 Å². The van der Waals surface area contributed by atoms with Crippen molar-refractivity contribution in [2.75, 3.05) is 11.5 Å². The van der Waals surface area contributed by atoms with Gasteiger partial charge < -0.3 is 10.2 Å². The van der Waals surface area contributed by atoms with E-state index < -0.39 is 11.9 Å². The van der Waals surface area contributed by atoms with Crippen molar-refractivity contribution in [3.63, 3.8) is 0 Å². The monoisotopic (exact) mass is 468 g/mol. The third-order valence-corrected chi connectivity index (χ3v) is 8.09. The molecule has 1 aromatic carbocycles. The van der Waals surface area contributed by atoms with Crippen LogP contribution < -0.4 is 0 Å². The molecule has 0 saturated carbocycles. The van der Waals surface area contributed by atoms with E-state index in [-0.39, 0.29) is 17.4 Å². The zero-order valence-corrected chi connectivity index (χ0v) is 20.7. The number of aryl methyl sites for hydroxylation is 1. The van der Waals surface area contributed by atoms with E-state index in [1.165, 1.54) is 75.3 Å². The summed E-state index contributed by atoms with van der Waals surface area (Å²) in [4.78, 5) is 21.8. The molecule has 0 unspecified atom stereocenters. The van der Waals surface area contributed by atoms with Crippen LogP contribution in [0.1, 0.15) is 99.7 Å². The van der Waals surface area contributed by atoms with Crippen LogP contribution in [-0.4, -0.2) is 33.7 Å². The fourth-order valence-corrected chi connectivity index (χ4v) is 6.32. The van der Waals surface area contributed by atoms with Crippen LogP contribution in [0.15, 0.2) is 24.3 Å². The van der Waals surface area contributed by atoms with Crippen LogP contribution in [-0.2, 0) is 16.0 Å². The molecule has 0 aromatic heterocycles. The van der Waals surface area contributed by atoms with E-state index >= 15 is 0 Å². The first-order chi connectivity index (χ1) is 15.0. The normalized spacial score (nSPS) is 11.2. The molecule has 0 spiro atoms. The molecule has 1 rings (SSSR count). The van der Waals surface area contributed by atoms with Crippen molar-refractivity contribution >= 4 is 35.5 Å². The van der Waals surface area contributed by atoms with Gasteiger partial charge in [0.15, 0.2) is 0 Å². The van der Waals surface area contributed by atoms with Crippen molar-refractivity contribution in [3.8, 4) is 0 Å². The molecule has 0 heterocycles. The van der Waals surface area contributed by atoms with E-state index in [4.69, 9.17) is 10.2 Å². The first-order valence-corrected chi connectivity index (χ1v) is 13.9. The lowest BCUT2D eigenvalue weighted by molar-refractivity contribution is -0.137. The Morgan fingerprint density at radius 1 is 0.774 bits per heavy atom. The van der Waals surface area contributed by atoms with E-state index in [0.717, 1.165) is 6.42 Å². The van der Waals surface area contributed by atoms with Gasteiger partial charge in [-0.15, -0.1) is 23.5 Å². The van der Waals surface area contributed by atoms with Gasteiger partial charge in [0.1, 0.15) is 0 Å². The van der Waals surface area contributed by atoms with Gasteiger partial charge in [-0.3, -0.25) is 9.59 Å². The minimum atomic E-state index is -0.791. The molecular weight excluding hydrogens is 428 g/mol. The molecule has 0 bridgehead atoms. The smallest absolute Gasteiger partial charge is 0.304 e. The first kappa shape index (κ1) is 27.9. The molecule has 31 heavy (non-hydrogen) atoms. The Morgan fingerprint density at radius 3 is 1.77 bits per heavy atom. The summed E-state index contributed by atoms with van der Waals surface area (Å²) >= 11 is 3.23. The molecule has 2 N–H and O–H groups in total. The van der Waals surface area contributed by atoms with E-state index in [0.29, 0.717) is 11.5 Å². The molecule has 0 atom stereocenters. The quantitative estimate of drug-likeness (QED) is 0.152. The lowest BCUT2D eigenvalue weighted by atomic mass is 10.0. The fraction of sp³-hybridized carbons (Fsp3) is 0.680. The Hall–Kier alpha value is -1.14. The number of thioether (sulfide) groups is 2. The van der Waals surface area contributed by atoms with Crippen LogP contribution in [0.25, 0.3) is 0 Å². The second-order valence-corrected chi connectivity index (χ2v) is 10.7. The number of rotatable bonds is 20. The summed E-state index contributed by atoms with van der Waals surface area (Å²) < 4.78 is 0.0815. The van der Waals surface area contributed by atoms with Gasteiger partial charge in [0.25, 0.3) is 0 Å². The number of hydrogen-bond acceptors (Lipinski definition) is 4. The SMILES string of the molecule is CCCCCCCCCCCCc1ccccc1C(SCCC(=O)O)SCCC(=O)O. The van der Waals surface area contributed by atoms with Crippen LogP contribution in [0.2, 0.25) is 0 Å². The number of carboxylic acids is 2. The molecule has 6 heteroatoms. The summed E-state index contributed by atoms with van der Waals surface area (Å²) in [6.07, 6.45) is 14.4. The van der Waals surface area contributed by atoms with Gasteiger partial charge in [-0.05, 0) is 24.0 Å². The second kappa shape index (κ2) is 18.4. The predicted molar refractivity (Wildman–Crippen MR) is 134 cm³/mol. The van der Waals surface area contributed by atoms with Crippen molar-refractivity contribution in [3.05, 3.63) is 35.4 Å². The van der Waals surface area contributed by atoms with Crippen molar-refractivity contribution in [1.29, 1.82) is 0 Å². The van der Waals surface area contributed by atoms with Gasteiger partial charge in [-0.2, -0.15) is 0 Å². The summed E-state index contributed by atoms with van der Waals surface area (Å²) in [7, 11) is 0. The third-order valence-electron chi connectivity index (χ3n) is 5.28. The van der Waals surface area contributed by atoms with Gasteiger partial charge >= 0.3 is 11.9 Å². The van der Waals surface area contributed by atoms with Crippen LogP contribution in [0.5, 0.6) is 0 Å².